The second kappa shape index (κ2) is 7.53. The molecule has 4 atom stereocenters. The minimum absolute atomic E-state index is 0.593. The van der Waals surface area contributed by atoms with Crippen molar-refractivity contribution in [2.24, 2.45) is 11.8 Å². The molecule has 3 heterocycles. The number of rotatable bonds is 5. The molecule has 3 fully saturated rings. The third-order valence-corrected chi connectivity index (χ3v) is 5.62. The zero-order valence-electron chi connectivity index (χ0n) is 14.7. The molecule has 3 saturated heterocycles. The van der Waals surface area contributed by atoms with Gasteiger partial charge in [0.25, 0.3) is 0 Å². The van der Waals surface area contributed by atoms with Crippen molar-refractivity contribution in [2.45, 2.75) is 18.9 Å². The third-order valence-electron chi connectivity index (χ3n) is 5.37. The van der Waals surface area contributed by atoms with Gasteiger partial charge in [-0.05, 0) is 67.7 Å². The number of thiocarbonyl (C=S) groups is 1. The molecule has 130 valence electrons. The number of piperidine rings is 3. The van der Waals surface area contributed by atoms with Gasteiger partial charge < -0.3 is 15.5 Å². The average molecular weight is 345 g/mol. The first-order valence-electron chi connectivity index (χ1n) is 8.75. The Morgan fingerprint density at radius 2 is 2.12 bits per heavy atom. The summed E-state index contributed by atoms with van der Waals surface area (Å²) < 4.78 is 0. The average Bonchev–Trinajstić information content (AvgIpc) is 2.60. The Morgan fingerprint density at radius 1 is 1.38 bits per heavy atom. The van der Waals surface area contributed by atoms with Gasteiger partial charge in [0.05, 0.1) is 0 Å². The van der Waals surface area contributed by atoms with Crippen LogP contribution in [0.15, 0.2) is 36.9 Å². The first kappa shape index (κ1) is 17.2. The van der Waals surface area contributed by atoms with Gasteiger partial charge in [0.2, 0.25) is 0 Å². The van der Waals surface area contributed by atoms with Crippen LogP contribution in [0.4, 0.5) is 11.4 Å². The van der Waals surface area contributed by atoms with E-state index in [9.17, 15) is 0 Å². The van der Waals surface area contributed by atoms with E-state index in [1.165, 1.54) is 25.1 Å². The van der Waals surface area contributed by atoms with Crippen molar-refractivity contribution in [1.82, 2.24) is 10.2 Å². The summed E-state index contributed by atoms with van der Waals surface area (Å²) in [7, 11) is 4.08. The highest BCUT2D eigenvalue weighted by Crippen LogP contribution is 2.36. The van der Waals surface area contributed by atoms with Crippen molar-refractivity contribution in [3.8, 4) is 0 Å². The Morgan fingerprint density at radius 3 is 2.71 bits per heavy atom. The smallest absolute Gasteiger partial charge is 0.170 e. The number of hydrogen-bond acceptors (Lipinski definition) is 3. The third kappa shape index (κ3) is 3.90. The highest BCUT2D eigenvalue weighted by Gasteiger charge is 2.38. The van der Waals surface area contributed by atoms with Gasteiger partial charge in [0.1, 0.15) is 0 Å². The van der Waals surface area contributed by atoms with Crippen molar-refractivity contribution >= 4 is 28.7 Å². The Labute approximate surface area is 150 Å². The van der Waals surface area contributed by atoms with Crippen LogP contribution in [0, 0.1) is 11.8 Å². The molecule has 2 N–H and O–H groups in total. The molecule has 1 aromatic carbocycles. The Kier molecular flexibility index (Phi) is 5.41. The van der Waals surface area contributed by atoms with E-state index >= 15 is 0 Å². The molecule has 2 bridgehead atoms. The minimum atomic E-state index is 0.593. The molecule has 0 aromatic heterocycles. The highest BCUT2D eigenvalue weighted by atomic mass is 32.1. The van der Waals surface area contributed by atoms with Crippen LogP contribution >= 0.6 is 12.2 Å². The van der Waals surface area contributed by atoms with Crippen LogP contribution in [0.3, 0.4) is 0 Å². The quantitative estimate of drug-likeness (QED) is 0.633. The van der Waals surface area contributed by atoms with Gasteiger partial charge in [-0.1, -0.05) is 6.08 Å². The van der Waals surface area contributed by atoms with E-state index in [2.05, 4.69) is 57.4 Å². The van der Waals surface area contributed by atoms with E-state index in [1.807, 2.05) is 14.1 Å². The number of nitrogens with one attached hydrogen (secondary N) is 2. The summed E-state index contributed by atoms with van der Waals surface area (Å²) >= 11 is 5.45. The molecule has 0 aliphatic carbocycles. The van der Waals surface area contributed by atoms with Crippen molar-refractivity contribution in [3.63, 3.8) is 0 Å². The lowest BCUT2D eigenvalue weighted by Crippen LogP contribution is -2.56. The second-order valence-corrected chi connectivity index (χ2v) is 7.52. The van der Waals surface area contributed by atoms with Crippen molar-refractivity contribution < 1.29 is 0 Å². The molecular formula is C19H28N4S. The van der Waals surface area contributed by atoms with E-state index < -0.39 is 0 Å². The van der Waals surface area contributed by atoms with Gasteiger partial charge in [0.15, 0.2) is 5.11 Å². The molecule has 4 nitrogen and oxygen atoms in total. The van der Waals surface area contributed by atoms with Gasteiger partial charge in [-0.25, -0.2) is 0 Å². The van der Waals surface area contributed by atoms with E-state index in [0.717, 1.165) is 24.7 Å². The lowest BCUT2D eigenvalue weighted by atomic mass is 9.76. The van der Waals surface area contributed by atoms with E-state index in [0.29, 0.717) is 17.1 Å². The highest BCUT2D eigenvalue weighted by molar-refractivity contribution is 7.80. The van der Waals surface area contributed by atoms with Crippen LogP contribution < -0.4 is 15.5 Å². The predicted molar refractivity (Wildman–Crippen MR) is 107 cm³/mol. The molecular weight excluding hydrogens is 316 g/mol. The molecule has 24 heavy (non-hydrogen) atoms. The molecule has 0 saturated carbocycles. The summed E-state index contributed by atoms with van der Waals surface area (Å²) in [6.07, 6.45) is 4.71. The summed E-state index contributed by atoms with van der Waals surface area (Å²) in [5, 5.41) is 7.38. The molecule has 5 heteroatoms. The topological polar surface area (TPSA) is 30.5 Å². The van der Waals surface area contributed by atoms with Gasteiger partial charge in [-0.3, -0.25) is 4.90 Å². The molecule has 0 amide bonds. The predicted octanol–water partition coefficient (Wildman–Crippen LogP) is 2.94. The molecule has 3 aliphatic heterocycles. The molecule has 4 rings (SSSR count). The first-order chi connectivity index (χ1) is 11.6. The van der Waals surface area contributed by atoms with Crippen LogP contribution in [0.1, 0.15) is 12.8 Å². The number of fused-ring (bicyclic) bond motifs is 3. The zero-order valence-corrected chi connectivity index (χ0v) is 15.5. The van der Waals surface area contributed by atoms with Crippen molar-refractivity contribution in [3.05, 3.63) is 36.9 Å². The van der Waals surface area contributed by atoms with Crippen LogP contribution in [-0.4, -0.2) is 49.8 Å². The van der Waals surface area contributed by atoms with Gasteiger partial charge in [-0.15, -0.1) is 6.58 Å². The normalized spacial score (nSPS) is 28.2. The lowest BCUT2D eigenvalue weighted by molar-refractivity contribution is 0.0215. The summed E-state index contributed by atoms with van der Waals surface area (Å²) in [6.45, 7) is 7.28. The number of hydrogen-bond donors (Lipinski definition) is 2. The van der Waals surface area contributed by atoms with Gasteiger partial charge in [-0.2, -0.15) is 0 Å². The number of anilines is 2. The van der Waals surface area contributed by atoms with E-state index in [1.54, 1.807) is 0 Å². The largest absolute Gasteiger partial charge is 0.378 e. The van der Waals surface area contributed by atoms with Crippen molar-refractivity contribution in [1.29, 1.82) is 0 Å². The summed E-state index contributed by atoms with van der Waals surface area (Å²) in [5.41, 5.74) is 2.21. The maximum atomic E-state index is 5.45. The van der Waals surface area contributed by atoms with Crippen LogP contribution in [0.25, 0.3) is 0 Å². The fraction of sp³-hybridized carbons (Fsp3) is 0.526. The molecule has 3 aliphatic rings. The Balaban J connectivity index is 1.47. The first-order valence-corrected chi connectivity index (χ1v) is 9.16. The van der Waals surface area contributed by atoms with Crippen LogP contribution in [-0.2, 0) is 0 Å². The molecule has 0 radical (unpaired) electrons. The second-order valence-electron chi connectivity index (χ2n) is 7.11. The number of benzene rings is 1. The fourth-order valence-corrected chi connectivity index (χ4v) is 4.09. The SMILES string of the molecule is C=C[C@H]1CN2CC[C@H]1C[C@@H]2CNC(=S)Nc1ccc(N(C)C)cc1. The minimum Gasteiger partial charge on any atom is -0.378 e. The van der Waals surface area contributed by atoms with Gasteiger partial charge in [0, 0.05) is 44.6 Å². The Hall–Kier alpha value is -1.59. The number of nitrogens with zero attached hydrogens (tertiary/aromatic N) is 2. The monoisotopic (exact) mass is 344 g/mol. The molecule has 1 aromatic rings. The van der Waals surface area contributed by atoms with Gasteiger partial charge >= 0.3 is 0 Å². The Bertz CT molecular complexity index is 584. The zero-order chi connectivity index (χ0) is 17.1. The molecule has 0 spiro atoms. The lowest BCUT2D eigenvalue weighted by Gasteiger charge is -2.49. The molecule has 1 unspecified atom stereocenters. The maximum Gasteiger partial charge on any atom is 0.170 e. The summed E-state index contributed by atoms with van der Waals surface area (Å²) in [4.78, 5) is 4.68. The fourth-order valence-electron chi connectivity index (χ4n) is 3.89. The standard InChI is InChI=1S/C19H28N4S/c1-4-14-13-23-10-9-15(14)11-18(23)12-20-19(24)21-16-5-7-17(8-6-16)22(2)3/h4-8,14-15,18H,1,9-13H2,2-3H3,(H2,20,21,24)/t14-,15-,18+/m0/s1. The van der Waals surface area contributed by atoms with E-state index in [-0.39, 0.29) is 0 Å². The van der Waals surface area contributed by atoms with Crippen LogP contribution in [0.2, 0.25) is 0 Å². The van der Waals surface area contributed by atoms with E-state index in [4.69, 9.17) is 12.2 Å². The maximum absolute atomic E-state index is 5.45. The summed E-state index contributed by atoms with van der Waals surface area (Å²) in [5.74, 6) is 1.48. The van der Waals surface area contributed by atoms with Crippen molar-refractivity contribution in [2.75, 3.05) is 43.9 Å². The van der Waals surface area contributed by atoms with Crippen LogP contribution in [0.5, 0.6) is 0 Å². The summed E-state index contributed by atoms with van der Waals surface area (Å²) in [6, 6.07) is 8.89.